The van der Waals surface area contributed by atoms with E-state index in [9.17, 15) is 9.59 Å². The molecule has 1 amide bonds. The second-order valence-electron chi connectivity index (χ2n) is 7.54. The molecule has 0 spiro atoms. The number of nitrogens with zero attached hydrogens (tertiary/aromatic N) is 2. The Kier molecular flexibility index (Phi) is 6.13. The van der Waals surface area contributed by atoms with E-state index in [1.807, 2.05) is 50.4 Å². The molecule has 0 aliphatic carbocycles. The molecular weight excluding hydrogens is 410 g/mol. The third-order valence-electron chi connectivity index (χ3n) is 5.51. The van der Waals surface area contributed by atoms with Gasteiger partial charge in [0, 0.05) is 19.4 Å². The molecule has 1 unspecified atom stereocenters. The van der Waals surface area contributed by atoms with Crippen LogP contribution in [0.15, 0.2) is 58.5 Å². The zero-order chi connectivity index (χ0) is 22.0. The van der Waals surface area contributed by atoms with Gasteiger partial charge in [0.15, 0.2) is 5.16 Å². The first-order valence-corrected chi connectivity index (χ1v) is 11.3. The van der Waals surface area contributed by atoms with Gasteiger partial charge in [-0.25, -0.2) is 0 Å². The number of ether oxygens (including phenoxy) is 1. The Morgan fingerprint density at radius 1 is 1.16 bits per heavy atom. The van der Waals surface area contributed by atoms with E-state index < -0.39 is 0 Å². The van der Waals surface area contributed by atoms with E-state index in [2.05, 4.69) is 29.4 Å². The second-order valence-corrected chi connectivity index (χ2v) is 8.77. The monoisotopic (exact) mass is 435 g/mol. The third-order valence-corrected chi connectivity index (χ3v) is 6.42. The van der Waals surface area contributed by atoms with Gasteiger partial charge in [0.25, 0.3) is 5.56 Å². The maximum atomic E-state index is 12.8. The fourth-order valence-electron chi connectivity index (χ4n) is 3.81. The molecule has 1 aliphatic heterocycles. The van der Waals surface area contributed by atoms with Crippen LogP contribution in [-0.2, 0) is 18.4 Å². The van der Waals surface area contributed by atoms with Gasteiger partial charge in [-0.3, -0.25) is 9.59 Å². The van der Waals surface area contributed by atoms with Gasteiger partial charge in [-0.1, -0.05) is 55.1 Å². The van der Waals surface area contributed by atoms with Crippen LogP contribution < -0.4 is 15.6 Å². The van der Waals surface area contributed by atoms with Gasteiger partial charge in [-0.2, -0.15) is 4.98 Å². The minimum atomic E-state index is -0.332. The van der Waals surface area contributed by atoms with Gasteiger partial charge in [0.2, 0.25) is 5.91 Å². The number of benzene rings is 2. The maximum absolute atomic E-state index is 12.8. The molecule has 4 rings (SSSR count). The highest BCUT2D eigenvalue weighted by Crippen LogP contribution is 2.36. The number of carbonyl (C=O) groups excluding carboxylic acids is 1. The van der Waals surface area contributed by atoms with E-state index in [4.69, 9.17) is 4.74 Å². The first-order valence-electron chi connectivity index (χ1n) is 10.3. The number of nitrogens with one attached hydrogen (secondary N) is 1. The molecule has 0 saturated heterocycles. The number of fused-ring (bicyclic) bond motifs is 1. The van der Waals surface area contributed by atoms with E-state index in [0.717, 1.165) is 22.6 Å². The van der Waals surface area contributed by atoms with Crippen LogP contribution in [0.5, 0.6) is 5.75 Å². The Labute approximate surface area is 185 Å². The van der Waals surface area contributed by atoms with E-state index in [0.29, 0.717) is 23.1 Å². The lowest BCUT2D eigenvalue weighted by atomic mass is 9.87. The number of hydrogen-bond donors (Lipinski definition) is 1. The summed E-state index contributed by atoms with van der Waals surface area (Å²) >= 11 is 1.48. The maximum Gasteiger partial charge on any atom is 0.279 e. The highest BCUT2D eigenvalue weighted by molar-refractivity contribution is 7.99. The average Bonchev–Trinajstić information content (AvgIpc) is 2.76. The molecule has 2 aromatic carbocycles. The molecule has 160 valence electrons. The number of carbonyl (C=O) groups is 1. The summed E-state index contributed by atoms with van der Waals surface area (Å²) in [5.41, 5.74) is 3.48. The minimum Gasteiger partial charge on any atom is -0.489 e. The second kappa shape index (κ2) is 8.98. The van der Waals surface area contributed by atoms with Crippen molar-refractivity contribution in [3.05, 3.63) is 81.1 Å². The lowest BCUT2D eigenvalue weighted by Gasteiger charge is -2.27. The molecule has 2 heterocycles. The van der Waals surface area contributed by atoms with E-state index >= 15 is 0 Å². The summed E-state index contributed by atoms with van der Waals surface area (Å²) in [4.78, 5) is 29.5. The van der Waals surface area contributed by atoms with Crippen LogP contribution in [0.2, 0.25) is 0 Å². The molecule has 31 heavy (non-hydrogen) atoms. The standard InChI is InChI=1S/C24H25N3O3S/c1-4-31-24-26-23(29)21-19(13-20(28)25-22(21)27(24)3)16-9-11-18(12-10-16)30-14-17-8-6-5-7-15(17)2/h5-12,19H,4,13-14H2,1-3H3,(H,25,28). The summed E-state index contributed by atoms with van der Waals surface area (Å²) < 4.78 is 7.73. The van der Waals surface area contributed by atoms with Crippen molar-refractivity contribution in [3.63, 3.8) is 0 Å². The number of aromatic nitrogens is 2. The number of aryl methyl sites for hydroxylation is 1. The van der Waals surface area contributed by atoms with Gasteiger partial charge >= 0.3 is 0 Å². The Morgan fingerprint density at radius 3 is 2.61 bits per heavy atom. The van der Waals surface area contributed by atoms with E-state index in [1.54, 1.807) is 4.57 Å². The summed E-state index contributed by atoms with van der Waals surface area (Å²) in [6.07, 6.45) is 0.216. The predicted molar refractivity (Wildman–Crippen MR) is 123 cm³/mol. The Bertz CT molecular complexity index is 1170. The summed E-state index contributed by atoms with van der Waals surface area (Å²) in [7, 11) is 1.83. The van der Waals surface area contributed by atoms with Crippen LogP contribution in [0.1, 0.15) is 41.5 Å². The molecule has 1 N–H and O–H groups in total. The molecule has 6 nitrogen and oxygen atoms in total. The van der Waals surface area contributed by atoms with Crippen LogP contribution in [-0.4, -0.2) is 21.2 Å². The first-order chi connectivity index (χ1) is 15.0. The van der Waals surface area contributed by atoms with Crippen molar-refractivity contribution in [2.75, 3.05) is 11.1 Å². The highest BCUT2D eigenvalue weighted by Gasteiger charge is 2.32. The summed E-state index contributed by atoms with van der Waals surface area (Å²) in [6, 6.07) is 15.7. The number of rotatable bonds is 6. The minimum absolute atomic E-state index is 0.106. The van der Waals surface area contributed by atoms with Crippen molar-refractivity contribution < 1.29 is 9.53 Å². The third kappa shape index (κ3) is 4.37. The van der Waals surface area contributed by atoms with E-state index in [-0.39, 0.29) is 23.8 Å². The zero-order valence-electron chi connectivity index (χ0n) is 17.8. The van der Waals surface area contributed by atoms with Crippen molar-refractivity contribution >= 4 is 23.5 Å². The fourth-order valence-corrected chi connectivity index (χ4v) is 4.50. The molecule has 0 bridgehead atoms. The fraction of sp³-hybridized carbons (Fsp3) is 0.292. The molecule has 1 atom stereocenters. The smallest absolute Gasteiger partial charge is 0.279 e. The van der Waals surface area contributed by atoms with Crippen molar-refractivity contribution in [2.45, 2.75) is 37.9 Å². The summed E-state index contributed by atoms with van der Waals surface area (Å²) in [6.45, 7) is 4.55. The lowest BCUT2D eigenvalue weighted by Crippen LogP contribution is -2.33. The van der Waals surface area contributed by atoms with Gasteiger partial charge in [0.1, 0.15) is 18.2 Å². The normalized spacial score (nSPS) is 15.3. The largest absolute Gasteiger partial charge is 0.489 e. The van der Waals surface area contributed by atoms with Gasteiger partial charge in [-0.05, 0) is 41.5 Å². The molecule has 0 fully saturated rings. The topological polar surface area (TPSA) is 73.2 Å². The van der Waals surface area contributed by atoms with Crippen LogP contribution >= 0.6 is 11.8 Å². The summed E-state index contributed by atoms with van der Waals surface area (Å²) in [5, 5.41) is 3.47. The van der Waals surface area contributed by atoms with Gasteiger partial charge < -0.3 is 14.6 Å². The molecule has 1 aliphatic rings. The van der Waals surface area contributed by atoms with Gasteiger partial charge in [0.05, 0.1) is 5.56 Å². The SMILES string of the molecule is CCSc1nc(=O)c2c(n1C)NC(=O)CC2c1ccc(OCc2ccccc2C)cc1. The summed E-state index contributed by atoms with van der Waals surface area (Å²) in [5.74, 6) is 1.64. The number of hydrogen-bond acceptors (Lipinski definition) is 5. The molecule has 3 aromatic rings. The van der Waals surface area contributed by atoms with Crippen LogP contribution in [0.4, 0.5) is 5.82 Å². The Balaban J connectivity index is 1.61. The van der Waals surface area contributed by atoms with Crippen LogP contribution in [0, 0.1) is 6.92 Å². The highest BCUT2D eigenvalue weighted by atomic mass is 32.2. The van der Waals surface area contributed by atoms with Crippen molar-refractivity contribution in [2.24, 2.45) is 7.05 Å². The average molecular weight is 436 g/mol. The first kappa shape index (κ1) is 21.2. The number of amides is 1. The van der Waals surface area contributed by atoms with Crippen LogP contribution in [0.25, 0.3) is 0 Å². The van der Waals surface area contributed by atoms with Crippen molar-refractivity contribution in [1.82, 2.24) is 9.55 Å². The molecule has 0 saturated carbocycles. The Hall–Kier alpha value is -3.06. The van der Waals surface area contributed by atoms with Crippen LogP contribution in [0.3, 0.4) is 0 Å². The molecule has 7 heteroatoms. The van der Waals surface area contributed by atoms with E-state index in [1.165, 1.54) is 17.3 Å². The number of thioether (sulfide) groups is 1. The van der Waals surface area contributed by atoms with Crippen molar-refractivity contribution in [3.8, 4) is 5.75 Å². The zero-order valence-corrected chi connectivity index (χ0v) is 18.7. The van der Waals surface area contributed by atoms with Crippen molar-refractivity contribution in [1.29, 1.82) is 0 Å². The molecule has 0 radical (unpaired) electrons. The lowest BCUT2D eigenvalue weighted by molar-refractivity contribution is -0.116. The Morgan fingerprint density at radius 2 is 1.90 bits per heavy atom. The molecular formula is C24H25N3O3S. The molecule has 1 aromatic heterocycles. The van der Waals surface area contributed by atoms with Gasteiger partial charge in [-0.15, -0.1) is 0 Å². The predicted octanol–water partition coefficient (Wildman–Crippen LogP) is 4.25. The quantitative estimate of drug-likeness (QED) is 0.463. The number of anilines is 1.